The lowest BCUT2D eigenvalue weighted by atomic mass is 10.2. The second kappa shape index (κ2) is 8.59. The van der Waals surface area contributed by atoms with E-state index in [-0.39, 0.29) is 17.3 Å². The Balaban J connectivity index is 2.26. The average molecular weight is 346 g/mol. The van der Waals surface area contributed by atoms with E-state index in [1.54, 1.807) is 48.7 Å². The Kier molecular flexibility index (Phi) is 6.49. The monoisotopic (exact) mass is 346 g/mol. The molecule has 1 amide bonds. The summed E-state index contributed by atoms with van der Waals surface area (Å²) in [6, 6.07) is 11.7. The van der Waals surface area contributed by atoms with Crippen molar-refractivity contribution in [2.45, 2.75) is 36.3 Å². The fraction of sp³-hybridized carbons (Fsp3) is 0.333. The van der Waals surface area contributed by atoms with E-state index in [0.29, 0.717) is 12.0 Å². The van der Waals surface area contributed by atoms with Gasteiger partial charge in [0.2, 0.25) is 5.91 Å². The molecule has 0 saturated carbocycles. The zero-order chi connectivity index (χ0) is 17.4. The SMILES string of the molecule is CCCCC(=O)NC[C@@H](c1cccnc1)S(=O)(=O)c1ccccc1. The van der Waals surface area contributed by atoms with Crippen LogP contribution in [0.25, 0.3) is 0 Å². The molecule has 24 heavy (non-hydrogen) atoms. The lowest BCUT2D eigenvalue weighted by molar-refractivity contribution is -0.121. The molecule has 128 valence electrons. The molecule has 0 aliphatic heterocycles. The van der Waals surface area contributed by atoms with E-state index < -0.39 is 15.1 Å². The highest BCUT2D eigenvalue weighted by Gasteiger charge is 2.29. The van der Waals surface area contributed by atoms with Crippen molar-refractivity contribution in [3.8, 4) is 0 Å². The van der Waals surface area contributed by atoms with Crippen molar-refractivity contribution >= 4 is 15.7 Å². The maximum atomic E-state index is 13.0. The zero-order valence-electron chi connectivity index (χ0n) is 13.7. The molecule has 2 rings (SSSR count). The number of nitrogens with zero attached hydrogens (tertiary/aromatic N) is 1. The van der Waals surface area contributed by atoms with Crippen LogP contribution < -0.4 is 5.32 Å². The molecular formula is C18H22N2O3S. The number of sulfone groups is 1. The van der Waals surface area contributed by atoms with Crippen LogP contribution in [0.5, 0.6) is 0 Å². The molecule has 0 unspecified atom stereocenters. The van der Waals surface area contributed by atoms with Crippen LogP contribution in [0.2, 0.25) is 0 Å². The van der Waals surface area contributed by atoms with Gasteiger partial charge in [-0.2, -0.15) is 0 Å². The Bertz CT molecular complexity index is 746. The van der Waals surface area contributed by atoms with Crippen LogP contribution in [0.3, 0.4) is 0 Å². The highest BCUT2D eigenvalue weighted by molar-refractivity contribution is 7.91. The number of nitrogens with one attached hydrogen (secondary N) is 1. The number of carbonyl (C=O) groups excluding carboxylic acids is 1. The Labute approximate surface area is 143 Å². The molecule has 6 heteroatoms. The topological polar surface area (TPSA) is 76.1 Å². The molecule has 1 N–H and O–H groups in total. The van der Waals surface area contributed by atoms with Gasteiger partial charge in [0.15, 0.2) is 9.84 Å². The molecule has 1 heterocycles. The molecule has 0 spiro atoms. The summed E-state index contributed by atoms with van der Waals surface area (Å²) >= 11 is 0. The van der Waals surface area contributed by atoms with E-state index in [1.807, 2.05) is 6.92 Å². The lowest BCUT2D eigenvalue weighted by Gasteiger charge is -2.18. The van der Waals surface area contributed by atoms with Crippen molar-refractivity contribution < 1.29 is 13.2 Å². The highest BCUT2D eigenvalue weighted by atomic mass is 32.2. The summed E-state index contributed by atoms with van der Waals surface area (Å²) in [6.45, 7) is 2.04. The molecule has 2 aromatic rings. The average Bonchev–Trinajstić information content (AvgIpc) is 2.61. The Morgan fingerprint density at radius 2 is 1.92 bits per heavy atom. The van der Waals surface area contributed by atoms with Crippen molar-refractivity contribution in [3.63, 3.8) is 0 Å². The molecule has 0 aliphatic carbocycles. The summed E-state index contributed by atoms with van der Waals surface area (Å²) < 4.78 is 26.0. The summed E-state index contributed by atoms with van der Waals surface area (Å²) in [5, 5.41) is 1.88. The Morgan fingerprint density at radius 1 is 1.17 bits per heavy atom. The number of amides is 1. The van der Waals surface area contributed by atoms with Gasteiger partial charge in [-0.05, 0) is 30.2 Å². The molecule has 1 aromatic carbocycles. The van der Waals surface area contributed by atoms with Crippen molar-refractivity contribution in [2.75, 3.05) is 6.54 Å². The summed E-state index contributed by atoms with van der Waals surface area (Å²) in [4.78, 5) is 16.1. The van der Waals surface area contributed by atoms with E-state index in [9.17, 15) is 13.2 Å². The number of aromatic nitrogens is 1. The number of hydrogen-bond donors (Lipinski definition) is 1. The number of pyridine rings is 1. The molecule has 0 radical (unpaired) electrons. The van der Waals surface area contributed by atoms with Gasteiger partial charge in [-0.15, -0.1) is 0 Å². The van der Waals surface area contributed by atoms with Gasteiger partial charge >= 0.3 is 0 Å². The normalized spacial score (nSPS) is 12.5. The smallest absolute Gasteiger partial charge is 0.220 e. The third kappa shape index (κ3) is 4.64. The van der Waals surface area contributed by atoms with E-state index >= 15 is 0 Å². The first-order chi connectivity index (χ1) is 11.6. The summed E-state index contributed by atoms with van der Waals surface area (Å²) in [5.74, 6) is -0.131. The Hall–Kier alpha value is -2.21. The molecular weight excluding hydrogens is 324 g/mol. The van der Waals surface area contributed by atoms with Crippen molar-refractivity contribution in [3.05, 3.63) is 60.4 Å². The van der Waals surface area contributed by atoms with Crippen molar-refractivity contribution in [1.82, 2.24) is 10.3 Å². The molecule has 0 saturated heterocycles. The molecule has 0 aliphatic rings. The highest BCUT2D eigenvalue weighted by Crippen LogP contribution is 2.27. The van der Waals surface area contributed by atoms with E-state index in [4.69, 9.17) is 0 Å². The molecule has 0 bridgehead atoms. The standard InChI is InChI=1S/C18H22N2O3S/c1-2-3-11-18(21)20-14-17(15-8-7-12-19-13-15)24(22,23)16-9-5-4-6-10-16/h4-10,12-13,17H,2-3,11,14H2,1H3,(H,20,21)/t17-/m0/s1. The fourth-order valence-electron chi connectivity index (χ4n) is 2.38. The summed E-state index contributed by atoms with van der Waals surface area (Å²) in [5.41, 5.74) is 0.567. The van der Waals surface area contributed by atoms with Gasteiger partial charge in [-0.3, -0.25) is 9.78 Å². The number of carbonyl (C=O) groups is 1. The molecule has 0 fully saturated rings. The third-order valence-corrected chi connectivity index (χ3v) is 5.86. The van der Waals surface area contributed by atoms with Gasteiger partial charge in [0.1, 0.15) is 5.25 Å². The summed E-state index contributed by atoms with van der Waals surface area (Å²) in [6.07, 6.45) is 5.23. The first-order valence-electron chi connectivity index (χ1n) is 8.01. The zero-order valence-corrected chi connectivity index (χ0v) is 14.5. The van der Waals surface area contributed by atoms with Crippen LogP contribution in [0.4, 0.5) is 0 Å². The van der Waals surface area contributed by atoms with Crippen molar-refractivity contribution in [2.24, 2.45) is 0 Å². The maximum absolute atomic E-state index is 13.0. The Morgan fingerprint density at radius 3 is 2.54 bits per heavy atom. The van der Waals surface area contributed by atoms with Crippen LogP contribution in [-0.2, 0) is 14.6 Å². The molecule has 1 aromatic heterocycles. The first kappa shape index (κ1) is 18.1. The third-order valence-electron chi connectivity index (χ3n) is 3.74. The second-order valence-corrected chi connectivity index (χ2v) is 7.67. The first-order valence-corrected chi connectivity index (χ1v) is 9.56. The van der Waals surface area contributed by atoms with Gasteiger partial charge in [-0.25, -0.2) is 8.42 Å². The van der Waals surface area contributed by atoms with Crippen LogP contribution >= 0.6 is 0 Å². The minimum atomic E-state index is -3.63. The molecule has 1 atom stereocenters. The maximum Gasteiger partial charge on any atom is 0.220 e. The van der Waals surface area contributed by atoms with Crippen LogP contribution in [0, 0.1) is 0 Å². The van der Waals surface area contributed by atoms with Gasteiger partial charge in [0.25, 0.3) is 0 Å². The number of rotatable bonds is 8. The van der Waals surface area contributed by atoms with Gasteiger partial charge < -0.3 is 5.32 Å². The summed E-state index contributed by atoms with van der Waals surface area (Å²) in [7, 11) is -3.63. The minimum absolute atomic E-state index is 0.0332. The van der Waals surface area contributed by atoms with E-state index in [2.05, 4.69) is 10.3 Å². The van der Waals surface area contributed by atoms with Gasteiger partial charge in [0, 0.05) is 25.4 Å². The number of unbranched alkanes of at least 4 members (excludes halogenated alkanes) is 1. The second-order valence-electron chi connectivity index (χ2n) is 5.54. The number of hydrogen-bond acceptors (Lipinski definition) is 4. The predicted octanol–water partition coefficient (Wildman–Crippen LogP) is 2.90. The quantitative estimate of drug-likeness (QED) is 0.797. The van der Waals surface area contributed by atoms with Crippen molar-refractivity contribution in [1.29, 1.82) is 0 Å². The van der Waals surface area contributed by atoms with Crippen LogP contribution in [0.15, 0.2) is 59.8 Å². The van der Waals surface area contributed by atoms with E-state index in [1.165, 1.54) is 6.20 Å². The number of benzene rings is 1. The lowest BCUT2D eigenvalue weighted by Crippen LogP contribution is -2.31. The van der Waals surface area contributed by atoms with Crippen LogP contribution in [-0.4, -0.2) is 25.9 Å². The minimum Gasteiger partial charge on any atom is -0.354 e. The molecule has 5 nitrogen and oxygen atoms in total. The van der Waals surface area contributed by atoms with E-state index in [0.717, 1.165) is 12.8 Å². The van der Waals surface area contributed by atoms with Crippen LogP contribution in [0.1, 0.15) is 37.0 Å². The predicted molar refractivity (Wildman–Crippen MR) is 93.1 cm³/mol. The fourth-order valence-corrected chi connectivity index (χ4v) is 4.05. The van der Waals surface area contributed by atoms with Gasteiger partial charge in [-0.1, -0.05) is 37.6 Å². The van der Waals surface area contributed by atoms with Gasteiger partial charge in [0.05, 0.1) is 4.90 Å². The largest absolute Gasteiger partial charge is 0.354 e.